The maximum Gasteiger partial charge on any atom is 0.261 e. The van der Waals surface area contributed by atoms with Crippen LogP contribution in [0, 0.1) is 13.8 Å². The molecule has 4 heteroatoms. The maximum absolute atomic E-state index is 12.8. The first kappa shape index (κ1) is 21.8. The van der Waals surface area contributed by atoms with E-state index < -0.39 is 6.10 Å². The van der Waals surface area contributed by atoms with Crippen molar-refractivity contribution in [3.8, 4) is 11.5 Å². The van der Waals surface area contributed by atoms with Gasteiger partial charge in [-0.1, -0.05) is 45.0 Å². The van der Waals surface area contributed by atoms with Crippen LogP contribution < -0.4 is 14.8 Å². The van der Waals surface area contributed by atoms with Gasteiger partial charge in [-0.25, -0.2) is 0 Å². The molecule has 0 unspecified atom stereocenters. The lowest BCUT2D eigenvalue weighted by Gasteiger charge is -2.23. The zero-order valence-electron chi connectivity index (χ0n) is 18.1. The number of aryl methyl sites for hydroxylation is 2. The average Bonchev–Trinajstić information content (AvgIpc) is 2.65. The Morgan fingerprint density at radius 2 is 1.75 bits per heavy atom. The summed E-state index contributed by atoms with van der Waals surface area (Å²) in [7, 11) is 1.66. The first-order chi connectivity index (χ1) is 13.3. The van der Waals surface area contributed by atoms with Gasteiger partial charge in [-0.15, -0.1) is 0 Å². The van der Waals surface area contributed by atoms with E-state index in [1.807, 2.05) is 32.0 Å². The number of methoxy groups -OCH3 is 1. The topological polar surface area (TPSA) is 47.6 Å². The molecule has 0 bridgehead atoms. The minimum atomic E-state index is -0.576. The number of amides is 1. The number of carbonyl (C=O) groups is 1. The van der Waals surface area contributed by atoms with Crippen molar-refractivity contribution in [3.63, 3.8) is 0 Å². The number of rotatable bonds is 8. The molecule has 0 aliphatic heterocycles. The monoisotopic (exact) mass is 383 g/mol. The SMILES string of the molecule is CC[C@H](NC(=O)[C@@H](C)Oc1cc(C)ccc1C(C)C)c1ccc(OC)c(C)c1. The highest BCUT2D eigenvalue weighted by molar-refractivity contribution is 5.81. The van der Waals surface area contributed by atoms with Gasteiger partial charge < -0.3 is 14.8 Å². The predicted octanol–water partition coefficient (Wildman–Crippen LogP) is 5.47. The molecular weight excluding hydrogens is 350 g/mol. The zero-order chi connectivity index (χ0) is 20.8. The normalized spacial score (nSPS) is 13.1. The number of hydrogen-bond acceptors (Lipinski definition) is 3. The standard InChI is InChI=1S/C24H33NO3/c1-8-21(19-10-12-22(27-7)17(5)14-19)25-24(26)18(6)28-23-13-16(4)9-11-20(23)15(2)3/h9-15,18,21H,8H2,1-7H3,(H,25,26)/t18-,21+/m1/s1. The largest absolute Gasteiger partial charge is 0.496 e. The Labute approximate surface area is 169 Å². The Kier molecular flexibility index (Phi) is 7.50. The Hall–Kier alpha value is -2.49. The van der Waals surface area contributed by atoms with Crippen molar-refractivity contribution < 1.29 is 14.3 Å². The summed E-state index contributed by atoms with van der Waals surface area (Å²) < 4.78 is 11.4. The summed E-state index contributed by atoms with van der Waals surface area (Å²) in [5.41, 5.74) is 4.35. The van der Waals surface area contributed by atoms with E-state index in [2.05, 4.69) is 44.3 Å². The molecular formula is C24H33NO3. The molecule has 2 aromatic rings. The molecule has 0 saturated carbocycles. The summed E-state index contributed by atoms with van der Waals surface area (Å²) in [5.74, 6) is 1.85. The van der Waals surface area contributed by atoms with E-state index >= 15 is 0 Å². The number of nitrogens with one attached hydrogen (secondary N) is 1. The molecule has 0 fully saturated rings. The molecule has 152 valence electrons. The van der Waals surface area contributed by atoms with Gasteiger partial charge in [0, 0.05) is 0 Å². The second-order valence-electron chi connectivity index (χ2n) is 7.65. The minimum Gasteiger partial charge on any atom is -0.496 e. The van der Waals surface area contributed by atoms with E-state index in [0.717, 1.165) is 40.2 Å². The third-order valence-corrected chi connectivity index (χ3v) is 5.01. The number of benzene rings is 2. The molecule has 2 aromatic carbocycles. The highest BCUT2D eigenvalue weighted by Gasteiger charge is 2.21. The van der Waals surface area contributed by atoms with Crippen LogP contribution in [-0.2, 0) is 4.79 Å². The molecule has 1 N–H and O–H groups in total. The number of hydrogen-bond donors (Lipinski definition) is 1. The van der Waals surface area contributed by atoms with Gasteiger partial charge in [0.1, 0.15) is 11.5 Å². The number of carbonyl (C=O) groups excluding carboxylic acids is 1. The molecule has 2 atom stereocenters. The van der Waals surface area contributed by atoms with E-state index in [-0.39, 0.29) is 11.9 Å². The third-order valence-electron chi connectivity index (χ3n) is 5.01. The quantitative estimate of drug-likeness (QED) is 0.657. The van der Waals surface area contributed by atoms with Crippen LogP contribution in [0.25, 0.3) is 0 Å². The molecule has 1 amide bonds. The second-order valence-corrected chi connectivity index (χ2v) is 7.65. The highest BCUT2D eigenvalue weighted by atomic mass is 16.5. The fourth-order valence-electron chi connectivity index (χ4n) is 3.29. The summed E-state index contributed by atoms with van der Waals surface area (Å²) in [6.45, 7) is 12.2. The Bertz CT molecular complexity index is 813. The van der Waals surface area contributed by atoms with Crippen molar-refractivity contribution >= 4 is 5.91 Å². The Morgan fingerprint density at radius 1 is 1.04 bits per heavy atom. The molecule has 0 aliphatic rings. The fraction of sp³-hybridized carbons (Fsp3) is 0.458. The summed E-state index contributed by atoms with van der Waals surface area (Å²) in [4.78, 5) is 12.8. The van der Waals surface area contributed by atoms with Crippen molar-refractivity contribution in [2.24, 2.45) is 0 Å². The van der Waals surface area contributed by atoms with Crippen LogP contribution in [0.2, 0.25) is 0 Å². The maximum atomic E-state index is 12.8. The summed E-state index contributed by atoms with van der Waals surface area (Å²) in [5, 5.41) is 3.13. The van der Waals surface area contributed by atoms with Crippen molar-refractivity contribution in [3.05, 3.63) is 58.7 Å². The molecule has 0 saturated heterocycles. The van der Waals surface area contributed by atoms with Crippen LogP contribution in [0.1, 0.15) is 68.3 Å². The van der Waals surface area contributed by atoms with E-state index in [0.29, 0.717) is 5.92 Å². The molecule has 28 heavy (non-hydrogen) atoms. The first-order valence-corrected chi connectivity index (χ1v) is 9.98. The van der Waals surface area contributed by atoms with E-state index in [4.69, 9.17) is 9.47 Å². The van der Waals surface area contributed by atoms with Crippen molar-refractivity contribution in [1.82, 2.24) is 5.32 Å². The summed E-state index contributed by atoms with van der Waals surface area (Å²) in [6, 6.07) is 12.1. The van der Waals surface area contributed by atoms with Gasteiger partial charge in [0.05, 0.1) is 13.2 Å². The van der Waals surface area contributed by atoms with Gasteiger partial charge in [-0.05, 0) is 67.5 Å². The van der Waals surface area contributed by atoms with E-state index in [1.54, 1.807) is 14.0 Å². The zero-order valence-corrected chi connectivity index (χ0v) is 18.1. The van der Waals surface area contributed by atoms with E-state index in [1.165, 1.54) is 0 Å². The van der Waals surface area contributed by atoms with Crippen molar-refractivity contribution in [1.29, 1.82) is 0 Å². The van der Waals surface area contributed by atoms with Gasteiger partial charge in [0.2, 0.25) is 0 Å². The van der Waals surface area contributed by atoms with Gasteiger partial charge in [0.15, 0.2) is 6.10 Å². The minimum absolute atomic E-state index is 0.0646. The smallest absolute Gasteiger partial charge is 0.261 e. The van der Waals surface area contributed by atoms with Gasteiger partial charge in [-0.2, -0.15) is 0 Å². The van der Waals surface area contributed by atoms with Gasteiger partial charge in [-0.3, -0.25) is 4.79 Å². The summed E-state index contributed by atoms with van der Waals surface area (Å²) in [6.07, 6.45) is 0.221. The van der Waals surface area contributed by atoms with Crippen LogP contribution in [0.4, 0.5) is 0 Å². The molecule has 4 nitrogen and oxygen atoms in total. The average molecular weight is 384 g/mol. The van der Waals surface area contributed by atoms with Gasteiger partial charge in [0.25, 0.3) is 5.91 Å². The van der Waals surface area contributed by atoms with Crippen molar-refractivity contribution in [2.75, 3.05) is 7.11 Å². The Morgan fingerprint density at radius 3 is 2.32 bits per heavy atom. The molecule has 0 spiro atoms. The predicted molar refractivity (Wildman–Crippen MR) is 114 cm³/mol. The molecule has 0 aliphatic carbocycles. The van der Waals surface area contributed by atoms with Crippen LogP contribution in [0.15, 0.2) is 36.4 Å². The lowest BCUT2D eigenvalue weighted by molar-refractivity contribution is -0.128. The lowest BCUT2D eigenvalue weighted by Crippen LogP contribution is -2.38. The van der Waals surface area contributed by atoms with Crippen LogP contribution in [-0.4, -0.2) is 19.1 Å². The Balaban J connectivity index is 2.12. The molecule has 0 radical (unpaired) electrons. The fourth-order valence-corrected chi connectivity index (χ4v) is 3.29. The van der Waals surface area contributed by atoms with Crippen molar-refractivity contribution in [2.45, 2.75) is 66.0 Å². The molecule has 0 aromatic heterocycles. The molecule has 2 rings (SSSR count). The van der Waals surface area contributed by atoms with Gasteiger partial charge >= 0.3 is 0 Å². The van der Waals surface area contributed by atoms with Crippen LogP contribution >= 0.6 is 0 Å². The van der Waals surface area contributed by atoms with Crippen LogP contribution in [0.3, 0.4) is 0 Å². The third kappa shape index (κ3) is 5.28. The summed E-state index contributed by atoms with van der Waals surface area (Å²) >= 11 is 0. The van der Waals surface area contributed by atoms with Crippen LogP contribution in [0.5, 0.6) is 11.5 Å². The number of ether oxygens (including phenoxy) is 2. The highest BCUT2D eigenvalue weighted by Crippen LogP contribution is 2.29. The van der Waals surface area contributed by atoms with E-state index in [9.17, 15) is 4.79 Å². The first-order valence-electron chi connectivity index (χ1n) is 9.98. The second kappa shape index (κ2) is 9.63. The molecule has 0 heterocycles. The lowest BCUT2D eigenvalue weighted by atomic mass is 10.0.